The van der Waals surface area contributed by atoms with Crippen LogP contribution < -0.4 is 5.32 Å². The molecule has 0 unspecified atom stereocenters. The van der Waals surface area contributed by atoms with E-state index in [-0.39, 0.29) is 23.7 Å². The van der Waals surface area contributed by atoms with Crippen LogP contribution in [0.1, 0.15) is 43.4 Å². The Morgan fingerprint density at radius 3 is 2.32 bits per heavy atom. The zero-order valence-corrected chi connectivity index (χ0v) is 19.9. The Labute approximate surface area is 201 Å². The van der Waals surface area contributed by atoms with Gasteiger partial charge in [-0.25, -0.2) is 4.98 Å². The molecule has 5 rings (SSSR count). The summed E-state index contributed by atoms with van der Waals surface area (Å²) in [6.07, 6.45) is 8.75. The van der Waals surface area contributed by atoms with Gasteiger partial charge in [0.15, 0.2) is 0 Å². The van der Waals surface area contributed by atoms with Crippen LogP contribution in [0.2, 0.25) is 0 Å². The van der Waals surface area contributed by atoms with Crippen molar-refractivity contribution in [3.63, 3.8) is 0 Å². The third kappa shape index (κ3) is 4.02. The summed E-state index contributed by atoms with van der Waals surface area (Å²) in [5, 5.41) is 3.15. The number of para-hydroxylation sites is 1. The second-order valence-electron chi connectivity index (χ2n) is 9.51. The first-order valence-electron chi connectivity index (χ1n) is 12.3. The zero-order valence-electron chi connectivity index (χ0n) is 19.9. The molecule has 0 spiro atoms. The predicted molar refractivity (Wildman–Crippen MR) is 131 cm³/mol. The Bertz CT molecular complexity index is 1140. The number of imidazole rings is 1. The van der Waals surface area contributed by atoms with Crippen molar-refractivity contribution in [2.45, 2.75) is 58.2 Å². The highest BCUT2D eigenvalue weighted by atomic mass is 16.2. The van der Waals surface area contributed by atoms with Gasteiger partial charge in [-0.15, -0.1) is 0 Å². The van der Waals surface area contributed by atoms with Crippen LogP contribution >= 0.6 is 0 Å². The lowest BCUT2D eigenvalue weighted by molar-refractivity contribution is -0.154. The molecule has 2 amide bonds. The molecule has 176 valence electrons. The first-order valence-corrected chi connectivity index (χ1v) is 12.3. The van der Waals surface area contributed by atoms with E-state index in [2.05, 4.69) is 36.3 Å². The molecule has 1 aromatic heterocycles. The van der Waals surface area contributed by atoms with Crippen LogP contribution in [0.5, 0.6) is 0 Å². The van der Waals surface area contributed by atoms with Gasteiger partial charge in [-0.2, -0.15) is 0 Å². The SMILES string of the molecule is CCC(CC)[C@@H]1C(=O)N[C@H](C2Cc3ccccc3C2)C(=O)N1Cc1ccccc1-n1ccnc1. The summed E-state index contributed by atoms with van der Waals surface area (Å²) < 4.78 is 1.96. The van der Waals surface area contributed by atoms with E-state index in [1.54, 1.807) is 12.5 Å². The number of rotatable bonds is 7. The number of nitrogens with zero attached hydrogens (tertiary/aromatic N) is 3. The number of amides is 2. The molecule has 0 radical (unpaired) electrons. The van der Waals surface area contributed by atoms with Gasteiger partial charge in [0, 0.05) is 18.9 Å². The van der Waals surface area contributed by atoms with E-state index in [4.69, 9.17) is 0 Å². The maximum atomic E-state index is 14.1. The van der Waals surface area contributed by atoms with Crippen molar-refractivity contribution in [2.24, 2.45) is 11.8 Å². The molecule has 2 aromatic carbocycles. The molecule has 0 saturated carbocycles. The summed E-state index contributed by atoms with van der Waals surface area (Å²) in [6.45, 7) is 4.60. The minimum atomic E-state index is -0.495. The van der Waals surface area contributed by atoms with Gasteiger partial charge in [-0.3, -0.25) is 9.59 Å². The van der Waals surface area contributed by atoms with Crippen molar-refractivity contribution in [2.75, 3.05) is 0 Å². The molecular weight excluding hydrogens is 424 g/mol. The quantitative estimate of drug-likeness (QED) is 0.586. The van der Waals surface area contributed by atoms with E-state index < -0.39 is 12.1 Å². The van der Waals surface area contributed by atoms with Gasteiger partial charge in [0.25, 0.3) is 0 Å². The molecule has 1 aliphatic carbocycles. The minimum Gasteiger partial charge on any atom is -0.342 e. The summed E-state index contributed by atoms with van der Waals surface area (Å²) in [6, 6.07) is 15.5. The van der Waals surface area contributed by atoms with Crippen LogP contribution in [0.25, 0.3) is 5.69 Å². The van der Waals surface area contributed by atoms with Crippen molar-refractivity contribution >= 4 is 11.8 Å². The summed E-state index contributed by atoms with van der Waals surface area (Å²) in [7, 11) is 0. The Morgan fingerprint density at radius 2 is 1.68 bits per heavy atom. The lowest BCUT2D eigenvalue weighted by Gasteiger charge is -2.44. The number of carbonyl (C=O) groups is 2. The van der Waals surface area contributed by atoms with Crippen molar-refractivity contribution in [1.29, 1.82) is 0 Å². The van der Waals surface area contributed by atoms with Gasteiger partial charge in [-0.1, -0.05) is 69.2 Å². The van der Waals surface area contributed by atoms with E-state index in [0.717, 1.165) is 36.9 Å². The molecule has 1 N–H and O–H groups in total. The molecular formula is C28H32N4O2. The molecule has 6 nitrogen and oxygen atoms in total. The van der Waals surface area contributed by atoms with Gasteiger partial charge in [0.05, 0.1) is 12.0 Å². The van der Waals surface area contributed by atoms with Gasteiger partial charge in [0.1, 0.15) is 12.1 Å². The summed E-state index contributed by atoms with van der Waals surface area (Å²) in [5.74, 6) is 0.220. The van der Waals surface area contributed by atoms with Gasteiger partial charge >= 0.3 is 0 Å². The van der Waals surface area contributed by atoms with Crippen LogP contribution in [0.15, 0.2) is 67.3 Å². The van der Waals surface area contributed by atoms with Crippen molar-refractivity contribution in [3.05, 3.63) is 83.9 Å². The second kappa shape index (κ2) is 9.45. The second-order valence-corrected chi connectivity index (χ2v) is 9.51. The van der Waals surface area contributed by atoms with Gasteiger partial charge in [-0.05, 0) is 47.4 Å². The first-order chi connectivity index (χ1) is 16.6. The summed E-state index contributed by atoms with van der Waals surface area (Å²) in [4.78, 5) is 33.6. The molecule has 2 heterocycles. The number of benzene rings is 2. The number of nitrogens with one attached hydrogen (secondary N) is 1. The fourth-order valence-corrected chi connectivity index (χ4v) is 5.77. The van der Waals surface area contributed by atoms with Crippen molar-refractivity contribution in [3.8, 4) is 5.69 Å². The van der Waals surface area contributed by atoms with Crippen molar-refractivity contribution < 1.29 is 9.59 Å². The predicted octanol–water partition coefficient (Wildman–Crippen LogP) is 3.92. The molecule has 1 aliphatic heterocycles. The third-order valence-electron chi connectivity index (χ3n) is 7.62. The molecule has 2 aliphatic rings. The van der Waals surface area contributed by atoms with Crippen LogP contribution in [0, 0.1) is 11.8 Å². The van der Waals surface area contributed by atoms with E-state index in [1.807, 2.05) is 52.1 Å². The number of aromatic nitrogens is 2. The largest absolute Gasteiger partial charge is 0.342 e. The normalized spacial score (nSPS) is 20.6. The average molecular weight is 457 g/mol. The topological polar surface area (TPSA) is 67.2 Å². The standard InChI is InChI=1S/C28H32N4O2/c1-3-19(4-2)26-27(33)30-25(23-15-20-9-5-6-10-21(20)16-23)28(34)32(26)17-22-11-7-8-12-24(22)31-14-13-29-18-31/h5-14,18-19,23,25-26H,3-4,15-17H2,1-2H3,(H,30,33)/t25-,26-/m1/s1. The monoisotopic (exact) mass is 456 g/mol. The number of fused-ring (bicyclic) bond motifs is 1. The molecule has 2 atom stereocenters. The van der Waals surface area contributed by atoms with Crippen molar-refractivity contribution in [1.82, 2.24) is 19.8 Å². The maximum absolute atomic E-state index is 14.1. The maximum Gasteiger partial charge on any atom is 0.246 e. The van der Waals surface area contributed by atoms with Crippen LogP contribution in [-0.4, -0.2) is 38.3 Å². The molecule has 6 heteroatoms. The van der Waals surface area contributed by atoms with E-state index in [9.17, 15) is 9.59 Å². The van der Waals surface area contributed by atoms with E-state index in [1.165, 1.54) is 11.1 Å². The van der Waals surface area contributed by atoms with Crippen LogP contribution in [0.3, 0.4) is 0 Å². The smallest absolute Gasteiger partial charge is 0.246 e. The molecule has 3 aromatic rings. The number of piperazine rings is 1. The highest BCUT2D eigenvalue weighted by Gasteiger charge is 2.47. The Kier molecular flexibility index (Phi) is 6.22. The molecule has 1 fully saturated rings. The molecule has 0 bridgehead atoms. The fourth-order valence-electron chi connectivity index (χ4n) is 5.77. The Balaban J connectivity index is 1.48. The zero-order chi connectivity index (χ0) is 23.7. The Hall–Kier alpha value is -3.41. The number of carbonyl (C=O) groups excluding carboxylic acids is 2. The van der Waals surface area contributed by atoms with Crippen LogP contribution in [0.4, 0.5) is 0 Å². The summed E-state index contributed by atoms with van der Waals surface area (Å²) >= 11 is 0. The highest BCUT2D eigenvalue weighted by Crippen LogP contribution is 2.33. The molecule has 1 saturated heterocycles. The Morgan fingerprint density at radius 1 is 1.00 bits per heavy atom. The number of hydrogen-bond acceptors (Lipinski definition) is 3. The van der Waals surface area contributed by atoms with Crippen LogP contribution in [-0.2, 0) is 29.0 Å². The fraction of sp³-hybridized carbons (Fsp3) is 0.393. The highest BCUT2D eigenvalue weighted by molar-refractivity contribution is 5.97. The van der Waals surface area contributed by atoms with Gasteiger partial charge in [0.2, 0.25) is 11.8 Å². The number of hydrogen-bond donors (Lipinski definition) is 1. The third-order valence-corrected chi connectivity index (χ3v) is 7.62. The van der Waals surface area contributed by atoms with E-state index in [0.29, 0.717) is 6.54 Å². The lowest BCUT2D eigenvalue weighted by Crippen LogP contribution is -2.66. The summed E-state index contributed by atoms with van der Waals surface area (Å²) in [5.41, 5.74) is 4.56. The first kappa shape index (κ1) is 22.4. The van der Waals surface area contributed by atoms with Gasteiger partial charge < -0.3 is 14.8 Å². The minimum absolute atomic E-state index is 0.0191. The average Bonchev–Trinajstić information content (AvgIpc) is 3.54. The van der Waals surface area contributed by atoms with E-state index >= 15 is 0 Å². The molecule has 34 heavy (non-hydrogen) atoms. The lowest BCUT2D eigenvalue weighted by atomic mass is 9.86.